The molecule has 0 atom stereocenters. The fourth-order valence-electron chi connectivity index (χ4n) is 2.86. The zero-order chi connectivity index (χ0) is 25.9. The fraction of sp³-hybridized carbons (Fsp3) is 0.120. The second-order valence-corrected chi connectivity index (χ2v) is 8.03. The van der Waals surface area contributed by atoms with E-state index in [-0.39, 0.29) is 12.3 Å². The summed E-state index contributed by atoms with van der Waals surface area (Å²) in [6.07, 6.45) is 1.31. The van der Waals surface area contributed by atoms with E-state index in [2.05, 4.69) is 37.1 Å². The molecule has 3 amide bonds. The fourth-order valence-corrected chi connectivity index (χ4v) is 3.19. The van der Waals surface area contributed by atoms with Crippen LogP contribution in [-0.4, -0.2) is 37.1 Å². The Morgan fingerprint density at radius 3 is 2.53 bits per heavy atom. The van der Waals surface area contributed by atoms with Crippen LogP contribution in [0.4, 0.5) is 15.8 Å². The first-order chi connectivity index (χ1) is 17.4. The van der Waals surface area contributed by atoms with Gasteiger partial charge in [0, 0.05) is 4.47 Å². The number of anilines is 2. The van der Waals surface area contributed by atoms with E-state index in [1.165, 1.54) is 18.3 Å². The summed E-state index contributed by atoms with van der Waals surface area (Å²) < 4.78 is 25.3. The number of nitrogens with one attached hydrogen (secondary N) is 3. The Balaban J connectivity index is 1.50. The molecule has 9 nitrogen and oxygen atoms in total. The summed E-state index contributed by atoms with van der Waals surface area (Å²) in [5.74, 6) is -2.21. The predicted octanol–water partition coefficient (Wildman–Crippen LogP) is 4.09. The highest BCUT2D eigenvalue weighted by Crippen LogP contribution is 2.23. The first-order valence-corrected chi connectivity index (χ1v) is 11.5. The molecule has 11 heteroatoms. The number of hydrogen-bond donors (Lipinski definition) is 3. The third-order valence-electron chi connectivity index (χ3n) is 4.45. The zero-order valence-corrected chi connectivity index (χ0v) is 20.7. The molecule has 0 spiro atoms. The van der Waals surface area contributed by atoms with Gasteiger partial charge in [-0.15, -0.1) is 0 Å². The molecule has 0 saturated heterocycles. The van der Waals surface area contributed by atoms with Crippen LogP contribution in [-0.2, 0) is 14.4 Å². The molecule has 3 rings (SSSR count). The monoisotopic (exact) mass is 556 g/mol. The van der Waals surface area contributed by atoms with Gasteiger partial charge in [-0.1, -0.05) is 40.2 Å². The molecule has 0 unspecified atom stereocenters. The van der Waals surface area contributed by atoms with Gasteiger partial charge in [0.25, 0.3) is 5.91 Å². The Kier molecular flexibility index (Phi) is 9.52. The Bertz CT molecular complexity index is 1280. The molecule has 0 aliphatic heterocycles. The molecule has 0 aromatic heterocycles. The number of benzene rings is 3. The number of ether oxygens (including phenoxy) is 2. The second kappa shape index (κ2) is 13.0. The van der Waals surface area contributed by atoms with Gasteiger partial charge >= 0.3 is 11.8 Å². The van der Waals surface area contributed by atoms with E-state index in [1.807, 2.05) is 0 Å². The Hall–Kier alpha value is -4.25. The highest BCUT2D eigenvalue weighted by atomic mass is 79.9. The first-order valence-electron chi connectivity index (χ1n) is 10.7. The number of carbonyl (C=O) groups excluding carboxylic acids is 3. The Morgan fingerprint density at radius 1 is 0.944 bits per heavy atom. The van der Waals surface area contributed by atoms with Crippen LogP contribution in [0.5, 0.6) is 11.5 Å². The maximum Gasteiger partial charge on any atom is 0.329 e. The molecule has 0 saturated carbocycles. The zero-order valence-electron chi connectivity index (χ0n) is 19.1. The summed E-state index contributed by atoms with van der Waals surface area (Å²) in [7, 11) is 0. The SMILES string of the molecule is CCOc1ccccc1NC(=O)C(=O)N/N=C\c1cccc(OCC(=O)Nc2ccc(Br)cc2F)c1. The van der Waals surface area contributed by atoms with E-state index in [0.29, 0.717) is 33.8 Å². The van der Waals surface area contributed by atoms with Crippen molar-refractivity contribution in [3.63, 3.8) is 0 Å². The lowest BCUT2D eigenvalue weighted by Crippen LogP contribution is -2.32. The summed E-state index contributed by atoms with van der Waals surface area (Å²) in [5, 5.41) is 8.67. The summed E-state index contributed by atoms with van der Waals surface area (Å²) in [5.41, 5.74) is 3.08. The molecular weight excluding hydrogens is 535 g/mol. The van der Waals surface area contributed by atoms with Gasteiger partial charge in [-0.05, 0) is 55.0 Å². The summed E-state index contributed by atoms with van der Waals surface area (Å²) in [6, 6.07) is 17.5. The van der Waals surface area contributed by atoms with Crippen molar-refractivity contribution < 1.29 is 28.2 Å². The quantitative estimate of drug-likeness (QED) is 0.208. The number of amides is 3. The minimum absolute atomic E-state index is 0.0360. The maximum absolute atomic E-state index is 13.8. The normalized spacial score (nSPS) is 10.5. The number of hydrogen-bond acceptors (Lipinski definition) is 6. The minimum atomic E-state index is -0.971. The smallest absolute Gasteiger partial charge is 0.329 e. The van der Waals surface area contributed by atoms with Gasteiger partial charge in [-0.3, -0.25) is 14.4 Å². The van der Waals surface area contributed by atoms with Crippen LogP contribution in [0.3, 0.4) is 0 Å². The van der Waals surface area contributed by atoms with Crippen LogP contribution in [0, 0.1) is 5.82 Å². The molecular formula is C25H22BrFN4O5. The van der Waals surface area contributed by atoms with Crippen LogP contribution in [0.25, 0.3) is 0 Å². The topological polar surface area (TPSA) is 118 Å². The summed E-state index contributed by atoms with van der Waals surface area (Å²) in [4.78, 5) is 36.3. The van der Waals surface area contributed by atoms with Gasteiger partial charge in [0.1, 0.15) is 17.3 Å². The lowest BCUT2D eigenvalue weighted by atomic mass is 10.2. The van der Waals surface area contributed by atoms with Crippen LogP contribution < -0.4 is 25.5 Å². The van der Waals surface area contributed by atoms with Gasteiger partial charge in [-0.2, -0.15) is 5.10 Å². The molecule has 0 radical (unpaired) electrons. The number of halogens is 2. The Labute approximate surface area is 214 Å². The van der Waals surface area contributed by atoms with Crippen molar-refractivity contribution in [2.75, 3.05) is 23.8 Å². The minimum Gasteiger partial charge on any atom is -0.492 e. The third-order valence-corrected chi connectivity index (χ3v) is 4.95. The van der Waals surface area contributed by atoms with E-state index in [0.717, 1.165) is 0 Å². The van der Waals surface area contributed by atoms with E-state index >= 15 is 0 Å². The number of rotatable bonds is 9. The lowest BCUT2D eigenvalue weighted by Gasteiger charge is -2.10. The highest BCUT2D eigenvalue weighted by molar-refractivity contribution is 9.10. The Morgan fingerprint density at radius 2 is 1.75 bits per heavy atom. The van der Waals surface area contributed by atoms with Gasteiger partial charge in [0.05, 0.1) is 24.2 Å². The van der Waals surface area contributed by atoms with Gasteiger partial charge in [0.2, 0.25) is 0 Å². The molecule has 0 aliphatic rings. The molecule has 0 aliphatic carbocycles. The average Bonchev–Trinajstić information content (AvgIpc) is 2.86. The standard InChI is InChI=1S/C25H22BrFN4O5/c1-2-35-22-9-4-3-8-21(22)30-24(33)25(34)31-28-14-16-6-5-7-18(12-16)36-15-23(32)29-20-11-10-17(26)13-19(20)27/h3-14H,2,15H2,1H3,(H,29,32)(H,30,33)(H,31,34)/b28-14-. The van der Waals surface area contributed by atoms with Gasteiger partial charge in [0.15, 0.2) is 6.61 Å². The average molecular weight is 557 g/mol. The van der Waals surface area contributed by atoms with Gasteiger partial charge < -0.3 is 20.1 Å². The van der Waals surface area contributed by atoms with Crippen molar-refractivity contribution in [2.45, 2.75) is 6.92 Å². The van der Waals surface area contributed by atoms with Crippen LogP contribution in [0.1, 0.15) is 12.5 Å². The maximum atomic E-state index is 13.8. The van der Waals surface area contributed by atoms with E-state index in [4.69, 9.17) is 9.47 Å². The molecule has 0 bridgehead atoms. The van der Waals surface area contributed by atoms with E-state index in [9.17, 15) is 18.8 Å². The number of hydrazone groups is 1. The first kappa shape index (κ1) is 26.4. The molecule has 3 aromatic rings. The number of carbonyl (C=O) groups is 3. The number of nitrogens with zero attached hydrogens (tertiary/aromatic N) is 1. The van der Waals surface area contributed by atoms with Crippen LogP contribution in [0.15, 0.2) is 76.3 Å². The molecule has 36 heavy (non-hydrogen) atoms. The molecule has 3 aromatic carbocycles. The van der Waals surface area contributed by atoms with E-state index < -0.39 is 23.5 Å². The highest BCUT2D eigenvalue weighted by Gasteiger charge is 2.15. The lowest BCUT2D eigenvalue weighted by molar-refractivity contribution is -0.136. The van der Waals surface area contributed by atoms with Crippen LogP contribution >= 0.6 is 15.9 Å². The van der Waals surface area contributed by atoms with Crippen molar-refractivity contribution in [1.29, 1.82) is 0 Å². The summed E-state index contributed by atoms with van der Waals surface area (Å²) >= 11 is 3.15. The van der Waals surface area contributed by atoms with Crippen molar-refractivity contribution in [1.82, 2.24) is 5.43 Å². The van der Waals surface area contributed by atoms with Crippen molar-refractivity contribution in [3.8, 4) is 11.5 Å². The van der Waals surface area contributed by atoms with Crippen molar-refractivity contribution in [3.05, 3.63) is 82.6 Å². The summed E-state index contributed by atoms with van der Waals surface area (Å²) in [6.45, 7) is 1.86. The van der Waals surface area contributed by atoms with E-state index in [1.54, 1.807) is 61.5 Å². The molecule has 3 N–H and O–H groups in total. The molecule has 0 heterocycles. The predicted molar refractivity (Wildman–Crippen MR) is 137 cm³/mol. The molecule has 186 valence electrons. The van der Waals surface area contributed by atoms with Gasteiger partial charge in [-0.25, -0.2) is 9.82 Å². The largest absolute Gasteiger partial charge is 0.492 e. The number of para-hydroxylation sites is 2. The third kappa shape index (κ3) is 7.91. The molecule has 0 fully saturated rings. The van der Waals surface area contributed by atoms with Crippen molar-refractivity contribution >= 4 is 51.2 Å². The second-order valence-electron chi connectivity index (χ2n) is 7.12. The van der Waals surface area contributed by atoms with Crippen LogP contribution in [0.2, 0.25) is 0 Å². The van der Waals surface area contributed by atoms with Crippen molar-refractivity contribution in [2.24, 2.45) is 5.10 Å².